The Morgan fingerprint density at radius 2 is 1.88 bits per heavy atom. The first-order valence-corrected chi connectivity index (χ1v) is 9.17. The van der Waals surface area contributed by atoms with Crippen LogP contribution in [0.25, 0.3) is 22.2 Å². The first-order chi connectivity index (χ1) is 12.5. The SMILES string of the molecule is Cc1cc(C)c(-c2csc(NC(=O)c3ccc4[nH]ncc4c3)n2)c(C)c1. The summed E-state index contributed by atoms with van der Waals surface area (Å²) in [5.74, 6) is -0.175. The molecule has 0 saturated heterocycles. The van der Waals surface area contributed by atoms with Gasteiger partial charge in [-0.3, -0.25) is 15.2 Å². The first-order valence-electron chi connectivity index (χ1n) is 8.29. The van der Waals surface area contributed by atoms with E-state index in [4.69, 9.17) is 0 Å². The highest BCUT2D eigenvalue weighted by Crippen LogP contribution is 2.31. The minimum absolute atomic E-state index is 0.175. The summed E-state index contributed by atoms with van der Waals surface area (Å²) in [7, 11) is 0. The molecule has 130 valence electrons. The summed E-state index contributed by atoms with van der Waals surface area (Å²) in [4.78, 5) is 17.1. The third kappa shape index (κ3) is 2.99. The van der Waals surface area contributed by atoms with Crippen LogP contribution in [0.3, 0.4) is 0 Å². The second kappa shape index (κ2) is 6.38. The predicted molar refractivity (Wildman–Crippen MR) is 106 cm³/mol. The van der Waals surface area contributed by atoms with Crippen LogP contribution in [0.1, 0.15) is 27.0 Å². The third-order valence-corrected chi connectivity index (χ3v) is 5.12. The summed E-state index contributed by atoms with van der Waals surface area (Å²) >= 11 is 1.43. The Labute approximate surface area is 155 Å². The highest BCUT2D eigenvalue weighted by atomic mass is 32.1. The summed E-state index contributed by atoms with van der Waals surface area (Å²) in [5.41, 5.74) is 7.13. The van der Waals surface area contributed by atoms with Crippen molar-refractivity contribution in [2.75, 3.05) is 5.32 Å². The lowest BCUT2D eigenvalue weighted by molar-refractivity contribution is 0.102. The molecule has 26 heavy (non-hydrogen) atoms. The van der Waals surface area contributed by atoms with Crippen LogP contribution in [-0.4, -0.2) is 21.1 Å². The predicted octanol–water partition coefficient (Wildman–Crippen LogP) is 4.86. The van der Waals surface area contributed by atoms with Crippen molar-refractivity contribution >= 4 is 33.3 Å². The van der Waals surface area contributed by atoms with E-state index in [1.807, 2.05) is 17.5 Å². The van der Waals surface area contributed by atoms with Gasteiger partial charge >= 0.3 is 0 Å². The third-order valence-electron chi connectivity index (χ3n) is 4.36. The van der Waals surface area contributed by atoms with Crippen LogP contribution in [0.5, 0.6) is 0 Å². The van der Waals surface area contributed by atoms with Crippen molar-refractivity contribution in [2.45, 2.75) is 20.8 Å². The molecule has 0 spiro atoms. The molecule has 2 N–H and O–H groups in total. The first kappa shape index (κ1) is 16.5. The molecule has 0 fully saturated rings. The number of nitrogens with one attached hydrogen (secondary N) is 2. The zero-order valence-corrected chi connectivity index (χ0v) is 15.6. The van der Waals surface area contributed by atoms with Gasteiger partial charge in [-0.2, -0.15) is 5.10 Å². The summed E-state index contributed by atoms with van der Waals surface area (Å²) in [6, 6.07) is 9.75. The minimum Gasteiger partial charge on any atom is -0.298 e. The fourth-order valence-electron chi connectivity index (χ4n) is 3.28. The molecule has 0 aliphatic carbocycles. The van der Waals surface area contributed by atoms with E-state index in [0.717, 1.165) is 22.2 Å². The number of carbonyl (C=O) groups excluding carboxylic acids is 1. The number of hydrogen-bond donors (Lipinski definition) is 2. The van der Waals surface area contributed by atoms with E-state index >= 15 is 0 Å². The number of aromatic nitrogens is 3. The highest BCUT2D eigenvalue weighted by molar-refractivity contribution is 7.14. The van der Waals surface area contributed by atoms with Crippen molar-refractivity contribution in [1.29, 1.82) is 0 Å². The molecule has 2 aromatic heterocycles. The van der Waals surface area contributed by atoms with Crippen LogP contribution in [0.4, 0.5) is 5.13 Å². The molecule has 0 aliphatic heterocycles. The number of thiazole rings is 1. The number of rotatable bonds is 3. The summed E-state index contributed by atoms with van der Waals surface area (Å²) in [6.07, 6.45) is 1.70. The average molecular weight is 362 g/mol. The van der Waals surface area contributed by atoms with E-state index < -0.39 is 0 Å². The number of hydrogen-bond acceptors (Lipinski definition) is 4. The molecule has 0 unspecified atom stereocenters. The lowest BCUT2D eigenvalue weighted by Gasteiger charge is -2.08. The van der Waals surface area contributed by atoms with E-state index in [1.54, 1.807) is 12.3 Å². The van der Waals surface area contributed by atoms with Gasteiger partial charge in [0.2, 0.25) is 0 Å². The Bertz CT molecular complexity index is 1100. The summed E-state index contributed by atoms with van der Waals surface area (Å²) in [6.45, 7) is 6.27. The number of nitrogens with zero attached hydrogens (tertiary/aromatic N) is 2. The second-order valence-electron chi connectivity index (χ2n) is 6.44. The number of amides is 1. The molecule has 0 saturated carbocycles. The lowest BCUT2D eigenvalue weighted by atomic mass is 9.98. The number of aromatic amines is 1. The van der Waals surface area contributed by atoms with E-state index in [2.05, 4.69) is 53.4 Å². The summed E-state index contributed by atoms with van der Waals surface area (Å²) in [5, 5.41) is 13.2. The molecule has 0 aliphatic rings. The number of anilines is 1. The van der Waals surface area contributed by atoms with Crippen LogP contribution in [-0.2, 0) is 0 Å². The van der Waals surface area contributed by atoms with Gasteiger partial charge in [-0.25, -0.2) is 4.98 Å². The largest absolute Gasteiger partial charge is 0.298 e. The van der Waals surface area contributed by atoms with Crippen molar-refractivity contribution in [3.05, 3.63) is 64.2 Å². The van der Waals surface area contributed by atoms with E-state index in [-0.39, 0.29) is 5.91 Å². The lowest BCUT2D eigenvalue weighted by Crippen LogP contribution is -2.11. The van der Waals surface area contributed by atoms with E-state index in [1.165, 1.54) is 28.0 Å². The van der Waals surface area contributed by atoms with Gasteiger partial charge in [0.1, 0.15) is 0 Å². The van der Waals surface area contributed by atoms with Crippen molar-refractivity contribution in [3.63, 3.8) is 0 Å². The zero-order chi connectivity index (χ0) is 18.3. The Kier molecular flexibility index (Phi) is 4.05. The normalized spacial score (nSPS) is 11.0. The number of fused-ring (bicyclic) bond motifs is 1. The van der Waals surface area contributed by atoms with Crippen LogP contribution in [0, 0.1) is 20.8 Å². The molecule has 0 radical (unpaired) electrons. The number of aryl methyl sites for hydroxylation is 3. The van der Waals surface area contributed by atoms with Crippen molar-refractivity contribution in [1.82, 2.24) is 15.2 Å². The van der Waals surface area contributed by atoms with Crippen molar-refractivity contribution in [2.24, 2.45) is 0 Å². The molecule has 0 atom stereocenters. The zero-order valence-electron chi connectivity index (χ0n) is 14.8. The Balaban J connectivity index is 1.59. The van der Waals surface area contributed by atoms with Gasteiger partial charge in [-0.05, 0) is 50.1 Å². The van der Waals surface area contributed by atoms with Gasteiger partial charge < -0.3 is 0 Å². The molecule has 0 bridgehead atoms. The van der Waals surface area contributed by atoms with Gasteiger partial charge in [0.25, 0.3) is 5.91 Å². The van der Waals surface area contributed by atoms with Crippen LogP contribution in [0.15, 0.2) is 41.9 Å². The smallest absolute Gasteiger partial charge is 0.257 e. The molecule has 2 aromatic carbocycles. The molecule has 6 heteroatoms. The topological polar surface area (TPSA) is 70.7 Å². The fourth-order valence-corrected chi connectivity index (χ4v) is 3.98. The Morgan fingerprint density at radius 1 is 1.12 bits per heavy atom. The van der Waals surface area contributed by atoms with E-state index in [0.29, 0.717) is 10.7 Å². The second-order valence-corrected chi connectivity index (χ2v) is 7.30. The minimum atomic E-state index is -0.175. The van der Waals surface area contributed by atoms with Gasteiger partial charge in [0.05, 0.1) is 17.4 Å². The van der Waals surface area contributed by atoms with Gasteiger partial charge in [-0.15, -0.1) is 11.3 Å². The maximum Gasteiger partial charge on any atom is 0.257 e. The fraction of sp³-hybridized carbons (Fsp3) is 0.150. The molecule has 2 heterocycles. The average Bonchev–Trinajstić information content (AvgIpc) is 3.22. The maximum absolute atomic E-state index is 12.5. The Hall–Kier alpha value is -2.99. The number of carbonyl (C=O) groups is 1. The monoisotopic (exact) mass is 362 g/mol. The molecule has 5 nitrogen and oxygen atoms in total. The number of H-pyrrole nitrogens is 1. The molecular formula is C20H18N4OS. The van der Waals surface area contributed by atoms with Crippen LogP contribution >= 0.6 is 11.3 Å². The molecular weight excluding hydrogens is 344 g/mol. The quantitative estimate of drug-likeness (QED) is 0.546. The van der Waals surface area contributed by atoms with Gasteiger partial charge in [0, 0.05) is 21.9 Å². The van der Waals surface area contributed by atoms with Gasteiger partial charge in [-0.1, -0.05) is 17.7 Å². The van der Waals surface area contributed by atoms with Crippen LogP contribution in [0.2, 0.25) is 0 Å². The van der Waals surface area contributed by atoms with Crippen molar-refractivity contribution < 1.29 is 4.79 Å². The van der Waals surface area contributed by atoms with Crippen LogP contribution < -0.4 is 5.32 Å². The standard InChI is InChI=1S/C20H18N4OS/c1-11-6-12(2)18(13(3)7-11)17-10-26-20(22-17)23-19(25)14-4-5-16-15(8-14)9-21-24-16/h4-10H,1-3H3,(H,21,24)(H,22,23,25). The van der Waals surface area contributed by atoms with E-state index in [9.17, 15) is 4.79 Å². The van der Waals surface area contributed by atoms with Crippen molar-refractivity contribution in [3.8, 4) is 11.3 Å². The van der Waals surface area contributed by atoms with Gasteiger partial charge in [0.15, 0.2) is 5.13 Å². The molecule has 1 amide bonds. The Morgan fingerprint density at radius 3 is 2.65 bits per heavy atom. The highest BCUT2D eigenvalue weighted by Gasteiger charge is 2.13. The molecule has 4 aromatic rings. The molecule has 4 rings (SSSR count). The number of benzene rings is 2. The summed E-state index contributed by atoms with van der Waals surface area (Å²) < 4.78 is 0. The maximum atomic E-state index is 12.5.